The van der Waals surface area contributed by atoms with E-state index in [-0.39, 0.29) is 12.1 Å². The van der Waals surface area contributed by atoms with Gasteiger partial charge in [0.25, 0.3) is 0 Å². The number of nitrogens with zero attached hydrogens (tertiary/aromatic N) is 2. The number of rotatable bonds is 3. The van der Waals surface area contributed by atoms with E-state index in [1.165, 1.54) is 0 Å². The monoisotopic (exact) mass is 415 g/mol. The normalized spacial score (nSPS) is 16.3. The molecule has 5 nitrogen and oxygen atoms in total. The standard InChI is InChI=1S/C21H19Cl2N3O2/c1-11(2)28-20(27)18-12(3)24-21-25-16-6-4-5-7-17(16)26(21)19(18)13-8-9-14(22)15(23)10-13/h4-11,19H,1-3H3,(H,24,25)/t19-/m1/s1. The molecule has 0 unspecified atom stereocenters. The summed E-state index contributed by atoms with van der Waals surface area (Å²) in [6.45, 7) is 5.51. The van der Waals surface area contributed by atoms with Gasteiger partial charge in [-0.25, -0.2) is 9.78 Å². The van der Waals surface area contributed by atoms with Crippen LogP contribution in [0.5, 0.6) is 0 Å². The minimum absolute atomic E-state index is 0.233. The lowest BCUT2D eigenvalue weighted by atomic mass is 9.95. The van der Waals surface area contributed by atoms with Gasteiger partial charge in [0.1, 0.15) is 0 Å². The number of aromatic nitrogens is 2. The van der Waals surface area contributed by atoms with Gasteiger partial charge in [-0.2, -0.15) is 0 Å². The highest BCUT2D eigenvalue weighted by molar-refractivity contribution is 6.42. The second-order valence-corrected chi connectivity index (χ2v) is 7.80. The summed E-state index contributed by atoms with van der Waals surface area (Å²) in [7, 11) is 0. The number of anilines is 1. The van der Waals surface area contributed by atoms with E-state index in [0.29, 0.717) is 27.3 Å². The molecule has 1 N–H and O–H groups in total. The molecule has 2 heterocycles. The molecule has 1 aliphatic rings. The summed E-state index contributed by atoms with van der Waals surface area (Å²) in [4.78, 5) is 17.7. The van der Waals surface area contributed by atoms with E-state index in [0.717, 1.165) is 16.6 Å². The summed E-state index contributed by atoms with van der Waals surface area (Å²) in [6.07, 6.45) is -0.233. The molecular formula is C21H19Cl2N3O2. The fourth-order valence-electron chi connectivity index (χ4n) is 3.50. The van der Waals surface area contributed by atoms with Crippen LogP contribution in [-0.2, 0) is 9.53 Å². The quantitative estimate of drug-likeness (QED) is 0.566. The Balaban J connectivity index is 1.97. The first-order valence-corrected chi connectivity index (χ1v) is 9.73. The first-order chi connectivity index (χ1) is 13.4. The van der Waals surface area contributed by atoms with Crippen molar-refractivity contribution in [3.8, 4) is 0 Å². The van der Waals surface area contributed by atoms with Crippen molar-refractivity contribution in [3.05, 3.63) is 69.3 Å². The number of carbonyl (C=O) groups is 1. The topological polar surface area (TPSA) is 56.2 Å². The van der Waals surface area contributed by atoms with Gasteiger partial charge in [0.15, 0.2) is 0 Å². The predicted molar refractivity (Wildman–Crippen MR) is 112 cm³/mol. The lowest BCUT2D eigenvalue weighted by molar-refractivity contribution is -0.143. The number of allylic oxidation sites excluding steroid dienone is 1. The molecule has 0 aliphatic carbocycles. The number of ether oxygens (including phenoxy) is 1. The Bertz CT molecular complexity index is 1120. The van der Waals surface area contributed by atoms with Gasteiger partial charge in [-0.15, -0.1) is 0 Å². The number of carbonyl (C=O) groups excluding carboxylic acids is 1. The van der Waals surface area contributed by atoms with E-state index in [2.05, 4.69) is 10.3 Å². The van der Waals surface area contributed by atoms with Gasteiger partial charge in [0, 0.05) is 5.70 Å². The number of hydrogen-bond acceptors (Lipinski definition) is 4. The van der Waals surface area contributed by atoms with Crippen molar-refractivity contribution in [1.29, 1.82) is 0 Å². The first-order valence-electron chi connectivity index (χ1n) is 8.97. The predicted octanol–water partition coefficient (Wildman–Crippen LogP) is 5.58. The Labute approximate surface area is 172 Å². The van der Waals surface area contributed by atoms with Crippen molar-refractivity contribution >= 4 is 46.2 Å². The van der Waals surface area contributed by atoms with E-state index in [9.17, 15) is 4.79 Å². The van der Waals surface area contributed by atoms with Gasteiger partial charge >= 0.3 is 5.97 Å². The second-order valence-electron chi connectivity index (χ2n) is 6.99. The lowest BCUT2D eigenvalue weighted by Gasteiger charge is -2.30. The van der Waals surface area contributed by atoms with Crippen LogP contribution in [-0.4, -0.2) is 21.6 Å². The van der Waals surface area contributed by atoms with Crippen LogP contribution in [0.15, 0.2) is 53.7 Å². The van der Waals surface area contributed by atoms with E-state index >= 15 is 0 Å². The van der Waals surface area contributed by atoms with E-state index in [1.54, 1.807) is 12.1 Å². The van der Waals surface area contributed by atoms with Crippen LogP contribution in [0, 0.1) is 0 Å². The fraction of sp³-hybridized carbons (Fsp3) is 0.238. The first kappa shape index (κ1) is 18.8. The average molecular weight is 416 g/mol. The zero-order valence-corrected chi connectivity index (χ0v) is 17.2. The van der Waals surface area contributed by atoms with Crippen molar-refractivity contribution in [2.75, 3.05) is 5.32 Å². The van der Waals surface area contributed by atoms with Gasteiger partial charge < -0.3 is 10.1 Å². The van der Waals surface area contributed by atoms with E-state index < -0.39 is 6.04 Å². The van der Waals surface area contributed by atoms with Crippen molar-refractivity contribution < 1.29 is 9.53 Å². The molecule has 1 aromatic heterocycles. The smallest absolute Gasteiger partial charge is 0.338 e. The molecule has 0 saturated carbocycles. The van der Waals surface area contributed by atoms with E-state index in [4.69, 9.17) is 27.9 Å². The van der Waals surface area contributed by atoms with Crippen molar-refractivity contribution in [3.63, 3.8) is 0 Å². The number of para-hydroxylation sites is 2. The number of fused-ring (bicyclic) bond motifs is 3. The van der Waals surface area contributed by atoms with Crippen molar-refractivity contribution in [2.45, 2.75) is 32.9 Å². The molecular weight excluding hydrogens is 397 g/mol. The van der Waals surface area contributed by atoms with Crippen molar-refractivity contribution in [2.24, 2.45) is 0 Å². The molecule has 1 aliphatic heterocycles. The molecule has 0 radical (unpaired) electrons. The molecule has 7 heteroatoms. The molecule has 4 rings (SSSR count). The summed E-state index contributed by atoms with van der Waals surface area (Å²) in [5, 5.41) is 4.14. The van der Waals surface area contributed by atoms with Crippen LogP contribution < -0.4 is 5.32 Å². The maximum absolute atomic E-state index is 13.0. The van der Waals surface area contributed by atoms with Gasteiger partial charge in [0.05, 0.1) is 38.8 Å². The molecule has 28 heavy (non-hydrogen) atoms. The van der Waals surface area contributed by atoms with Crippen molar-refractivity contribution in [1.82, 2.24) is 9.55 Å². The highest BCUT2D eigenvalue weighted by Crippen LogP contribution is 2.40. The Morgan fingerprint density at radius 1 is 1.18 bits per heavy atom. The van der Waals surface area contributed by atoms with Gasteiger partial charge in [-0.05, 0) is 50.6 Å². The third-order valence-electron chi connectivity index (χ3n) is 4.65. The van der Waals surface area contributed by atoms with Gasteiger partial charge in [-0.1, -0.05) is 41.4 Å². The Hall–Kier alpha value is -2.50. The molecule has 0 saturated heterocycles. The third kappa shape index (κ3) is 3.15. The number of imidazole rings is 1. The molecule has 0 fully saturated rings. The SMILES string of the molecule is CC1=C(C(=O)OC(C)C)[C@@H](c2ccc(Cl)c(Cl)c2)n2c(nc3ccccc32)N1. The number of benzene rings is 2. The second kappa shape index (κ2) is 7.15. The molecule has 2 aromatic carbocycles. The van der Waals surface area contributed by atoms with Gasteiger partial charge in [-0.3, -0.25) is 4.57 Å². The van der Waals surface area contributed by atoms with Gasteiger partial charge in [0.2, 0.25) is 5.95 Å². The Morgan fingerprint density at radius 2 is 1.93 bits per heavy atom. The summed E-state index contributed by atoms with van der Waals surface area (Å²) in [6, 6.07) is 12.8. The highest BCUT2D eigenvalue weighted by Gasteiger charge is 2.35. The Kier molecular flexibility index (Phi) is 4.81. The number of nitrogens with one attached hydrogen (secondary N) is 1. The summed E-state index contributed by atoms with van der Waals surface area (Å²) in [5.41, 5.74) is 3.78. The average Bonchev–Trinajstić information content (AvgIpc) is 3.00. The maximum Gasteiger partial charge on any atom is 0.338 e. The summed E-state index contributed by atoms with van der Waals surface area (Å²) in [5.74, 6) is 0.287. The molecule has 1 atom stereocenters. The zero-order valence-electron chi connectivity index (χ0n) is 15.7. The molecule has 3 aromatic rings. The highest BCUT2D eigenvalue weighted by atomic mass is 35.5. The zero-order chi connectivity index (χ0) is 20.0. The van der Waals surface area contributed by atoms with Crippen LogP contribution in [0.4, 0.5) is 5.95 Å². The maximum atomic E-state index is 13.0. The Morgan fingerprint density at radius 3 is 2.64 bits per heavy atom. The number of halogens is 2. The van der Waals surface area contributed by atoms with E-state index in [1.807, 2.05) is 55.7 Å². The van der Waals surface area contributed by atoms with Crippen LogP contribution in [0.3, 0.4) is 0 Å². The largest absolute Gasteiger partial charge is 0.459 e. The minimum atomic E-state index is -0.440. The molecule has 0 spiro atoms. The van der Waals surface area contributed by atoms with Crippen LogP contribution in [0.2, 0.25) is 10.0 Å². The lowest BCUT2D eigenvalue weighted by Crippen LogP contribution is -2.30. The van der Waals surface area contributed by atoms with Crippen LogP contribution in [0.25, 0.3) is 11.0 Å². The minimum Gasteiger partial charge on any atom is -0.459 e. The number of hydrogen-bond donors (Lipinski definition) is 1. The van der Waals surface area contributed by atoms with Crippen LogP contribution in [0.1, 0.15) is 32.4 Å². The summed E-state index contributed by atoms with van der Waals surface area (Å²) >= 11 is 12.4. The number of esters is 1. The fourth-order valence-corrected chi connectivity index (χ4v) is 3.81. The van der Waals surface area contributed by atoms with Crippen LogP contribution >= 0.6 is 23.2 Å². The molecule has 0 bridgehead atoms. The molecule has 0 amide bonds. The summed E-state index contributed by atoms with van der Waals surface area (Å²) < 4.78 is 7.54. The third-order valence-corrected chi connectivity index (χ3v) is 5.39. The molecule has 144 valence electrons.